The van der Waals surface area contributed by atoms with Crippen molar-refractivity contribution in [2.45, 2.75) is 33.1 Å². The fourth-order valence-corrected chi connectivity index (χ4v) is 4.51. The summed E-state index contributed by atoms with van der Waals surface area (Å²) in [6, 6.07) is 12.4. The molecule has 0 fully saturated rings. The number of thiophene rings is 1. The summed E-state index contributed by atoms with van der Waals surface area (Å²) in [6.07, 6.45) is 2.83. The van der Waals surface area contributed by atoms with Gasteiger partial charge in [-0.1, -0.05) is 26.0 Å². The number of hydrogen-bond donors (Lipinski definition) is 0. The second kappa shape index (κ2) is 6.02. The van der Waals surface area contributed by atoms with Gasteiger partial charge in [0.15, 0.2) is 0 Å². The van der Waals surface area contributed by atoms with Crippen LogP contribution < -0.4 is 0 Å². The van der Waals surface area contributed by atoms with Gasteiger partial charge in [-0.05, 0) is 52.9 Å². The number of aryl methyl sites for hydroxylation is 1. The first-order chi connectivity index (χ1) is 12.1. The van der Waals surface area contributed by atoms with Crippen molar-refractivity contribution in [1.82, 2.24) is 9.38 Å². The highest BCUT2D eigenvalue weighted by Gasteiger charge is 2.18. The number of hydrogen-bond acceptors (Lipinski definition) is 3. The van der Waals surface area contributed by atoms with Crippen molar-refractivity contribution >= 4 is 27.1 Å². The van der Waals surface area contributed by atoms with E-state index in [1.807, 2.05) is 18.3 Å². The Balaban J connectivity index is 1.90. The van der Waals surface area contributed by atoms with Crippen LogP contribution in [-0.2, 0) is 6.42 Å². The molecule has 0 saturated carbocycles. The van der Waals surface area contributed by atoms with Crippen molar-refractivity contribution in [3.05, 3.63) is 70.0 Å². The number of rotatable bonds is 3. The lowest BCUT2D eigenvalue weighted by Gasteiger charge is -2.08. The van der Waals surface area contributed by atoms with Gasteiger partial charge in [0.2, 0.25) is 0 Å². The topological polar surface area (TPSA) is 41.1 Å². The van der Waals surface area contributed by atoms with Gasteiger partial charge in [-0.25, -0.2) is 4.98 Å². The van der Waals surface area contributed by atoms with Crippen molar-refractivity contribution < 1.29 is 0 Å². The van der Waals surface area contributed by atoms with Crippen LogP contribution in [0.15, 0.2) is 41.9 Å². The number of nitriles is 1. The molecule has 0 atom stereocenters. The first-order valence-electron chi connectivity index (χ1n) is 8.45. The smallest absolute Gasteiger partial charge is 0.138 e. The van der Waals surface area contributed by atoms with E-state index in [4.69, 9.17) is 10.2 Å². The van der Waals surface area contributed by atoms with Gasteiger partial charge in [-0.15, -0.1) is 11.3 Å². The summed E-state index contributed by atoms with van der Waals surface area (Å²) in [5.74, 6) is 0.339. The maximum atomic E-state index is 9.15. The molecular weight excluding hydrogens is 326 g/mol. The SMILES string of the molecule is Cc1cccc2scc(Cc3c(C(C)C)nc4cc(C#N)ccn34)c12. The van der Waals surface area contributed by atoms with Crippen molar-refractivity contribution in [2.75, 3.05) is 0 Å². The van der Waals surface area contributed by atoms with Gasteiger partial charge in [0, 0.05) is 17.3 Å². The van der Waals surface area contributed by atoms with Crippen molar-refractivity contribution in [1.29, 1.82) is 5.26 Å². The molecule has 0 aliphatic heterocycles. The van der Waals surface area contributed by atoms with Gasteiger partial charge < -0.3 is 4.40 Å². The second-order valence-electron chi connectivity index (χ2n) is 6.74. The molecule has 3 aromatic heterocycles. The van der Waals surface area contributed by atoms with Crippen LogP contribution in [0.4, 0.5) is 0 Å². The molecule has 0 radical (unpaired) electrons. The Bertz CT molecular complexity index is 1130. The van der Waals surface area contributed by atoms with Crippen LogP contribution in [0.5, 0.6) is 0 Å². The van der Waals surface area contributed by atoms with Crippen LogP contribution >= 0.6 is 11.3 Å². The van der Waals surface area contributed by atoms with Crippen LogP contribution in [0.2, 0.25) is 0 Å². The largest absolute Gasteiger partial charge is 0.303 e. The Labute approximate surface area is 151 Å². The molecule has 1 aromatic carbocycles. The molecule has 0 N–H and O–H groups in total. The lowest BCUT2D eigenvalue weighted by Crippen LogP contribution is -2.00. The third kappa shape index (κ3) is 2.61. The Morgan fingerprint density at radius 3 is 2.88 bits per heavy atom. The molecule has 0 unspecified atom stereocenters. The molecule has 0 aliphatic carbocycles. The minimum atomic E-state index is 0.339. The van der Waals surface area contributed by atoms with E-state index in [9.17, 15) is 0 Å². The van der Waals surface area contributed by atoms with Crippen LogP contribution in [0, 0.1) is 18.3 Å². The number of benzene rings is 1. The fraction of sp³-hybridized carbons (Fsp3) is 0.238. The van der Waals surface area contributed by atoms with Crippen LogP contribution in [0.3, 0.4) is 0 Å². The van der Waals surface area contributed by atoms with Crippen molar-refractivity contribution in [2.24, 2.45) is 0 Å². The molecule has 0 bridgehead atoms. The highest BCUT2D eigenvalue weighted by Crippen LogP contribution is 2.32. The highest BCUT2D eigenvalue weighted by atomic mass is 32.1. The summed E-state index contributed by atoms with van der Waals surface area (Å²) in [5.41, 5.74) is 6.51. The van der Waals surface area contributed by atoms with Gasteiger partial charge >= 0.3 is 0 Å². The van der Waals surface area contributed by atoms with E-state index in [1.165, 1.54) is 26.9 Å². The number of nitrogens with zero attached hydrogens (tertiary/aromatic N) is 3. The number of aromatic nitrogens is 2. The molecule has 0 amide bonds. The first-order valence-corrected chi connectivity index (χ1v) is 9.33. The number of fused-ring (bicyclic) bond motifs is 2. The molecule has 3 heterocycles. The summed E-state index contributed by atoms with van der Waals surface area (Å²) < 4.78 is 3.47. The van der Waals surface area contributed by atoms with Crippen molar-refractivity contribution in [3.8, 4) is 6.07 Å². The Hall–Kier alpha value is -2.64. The van der Waals surface area contributed by atoms with E-state index in [0.29, 0.717) is 11.5 Å². The summed E-state index contributed by atoms with van der Waals surface area (Å²) in [6.45, 7) is 6.52. The molecular formula is C21H19N3S. The quantitative estimate of drug-likeness (QED) is 0.496. The summed E-state index contributed by atoms with van der Waals surface area (Å²) in [7, 11) is 0. The predicted octanol–water partition coefficient (Wildman–Crippen LogP) is 5.44. The zero-order chi connectivity index (χ0) is 17.6. The van der Waals surface area contributed by atoms with Crippen LogP contribution in [0.25, 0.3) is 15.7 Å². The van der Waals surface area contributed by atoms with Gasteiger partial charge in [0.25, 0.3) is 0 Å². The van der Waals surface area contributed by atoms with E-state index in [0.717, 1.165) is 17.8 Å². The lowest BCUT2D eigenvalue weighted by atomic mass is 10.0. The van der Waals surface area contributed by atoms with Crippen LogP contribution in [-0.4, -0.2) is 9.38 Å². The van der Waals surface area contributed by atoms with E-state index in [1.54, 1.807) is 11.3 Å². The summed E-state index contributed by atoms with van der Waals surface area (Å²) in [4.78, 5) is 4.82. The minimum Gasteiger partial charge on any atom is -0.303 e. The van der Waals surface area contributed by atoms with Crippen LogP contribution in [0.1, 0.15) is 47.8 Å². The lowest BCUT2D eigenvalue weighted by molar-refractivity contribution is 0.811. The Kier molecular flexibility index (Phi) is 3.82. The third-order valence-corrected chi connectivity index (χ3v) is 5.67. The average molecular weight is 345 g/mol. The summed E-state index contributed by atoms with van der Waals surface area (Å²) in [5, 5.41) is 12.8. The zero-order valence-electron chi connectivity index (χ0n) is 14.6. The maximum absolute atomic E-state index is 9.15. The van der Waals surface area contributed by atoms with Gasteiger partial charge in [-0.2, -0.15) is 5.26 Å². The molecule has 124 valence electrons. The molecule has 4 aromatic rings. The molecule has 4 rings (SSSR count). The molecule has 25 heavy (non-hydrogen) atoms. The van der Waals surface area contributed by atoms with E-state index in [2.05, 4.69) is 54.8 Å². The van der Waals surface area contributed by atoms with E-state index in [-0.39, 0.29) is 0 Å². The third-order valence-electron chi connectivity index (χ3n) is 4.67. The Morgan fingerprint density at radius 1 is 1.28 bits per heavy atom. The normalized spacial score (nSPS) is 11.5. The van der Waals surface area contributed by atoms with Gasteiger partial charge in [0.1, 0.15) is 5.65 Å². The molecule has 0 aliphatic rings. The average Bonchev–Trinajstić information content (AvgIpc) is 3.17. The molecule has 0 saturated heterocycles. The molecule has 3 nitrogen and oxygen atoms in total. The maximum Gasteiger partial charge on any atom is 0.138 e. The number of imidazole rings is 1. The molecule has 4 heteroatoms. The van der Waals surface area contributed by atoms with Crippen molar-refractivity contribution in [3.63, 3.8) is 0 Å². The standard InChI is InChI=1S/C21H19N3S/c1-13(2)21-17(24-8-7-15(11-22)9-19(24)23-21)10-16-12-25-18-6-4-5-14(3)20(16)18/h4-9,12-13H,10H2,1-3H3. The second-order valence-corrected chi connectivity index (χ2v) is 7.65. The fourth-order valence-electron chi connectivity index (χ4n) is 3.48. The minimum absolute atomic E-state index is 0.339. The number of pyridine rings is 1. The monoisotopic (exact) mass is 345 g/mol. The van der Waals surface area contributed by atoms with Gasteiger partial charge in [-0.3, -0.25) is 0 Å². The Morgan fingerprint density at radius 2 is 2.12 bits per heavy atom. The predicted molar refractivity (Wildman–Crippen MR) is 103 cm³/mol. The highest BCUT2D eigenvalue weighted by molar-refractivity contribution is 7.17. The molecule has 0 spiro atoms. The van der Waals surface area contributed by atoms with E-state index < -0.39 is 0 Å². The van der Waals surface area contributed by atoms with E-state index >= 15 is 0 Å². The zero-order valence-corrected chi connectivity index (χ0v) is 15.4. The first kappa shape index (κ1) is 15.9. The van der Waals surface area contributed by atoms with Gasteiger partial charge in [0.05, 0.1) is 23.0 Å². The summed E-state index contributed by atoms with van der Waals surface area (Å²) >= 11 is 1.80.